The van der Waals surface area contributed by atoms with Crippen molar-refractivity contribution in [3.05, 3.63) is 22.8 Å². The summed E-state index contributed by atoms with van der Waals surface area (Å²) in [5.74, 6) is 0.0988. The van der Waals surface area contributed by atoms with E-state index in [2.05, 4.69) is 15.2 Å². The van der Waals surface area contributed by atoms with Crippen molar-refractivity contribution in [1.82, 2.24) is 9.88 Å². The molecule has 1 unspecified atom stereocenters. The molecule has 1 aliphatic heterocycles. The topological polar surface area (TPSA) is 37.4 Å². The van der Waals surface area contributed by atoms with Crippen LogP contribution < -0.4 is 5.32 Å². The van der Waals surface area contributed by atoms with Gasteiger partial charge in [-0.05, 0) is 19.2 Å². The Hall–Kier alpha value is -1.05. The Balaban J connectivity index is 2.00. The largest absolute Gasteiger partial charge is 0.416 e. The quantitative estimate of drug-likeness (QED) is 0.871. The van der Waals surface area contributed by atoms with Crippen molar-refractivity contribution in [3.8, 4) is 0 Å². The van der Waals surface area contributed by atoms with E-state index >= 15 is 0 Å². The average molecular weight is 310 g/mol. The first kappa shape index (κ1) is 15.3. The predicted octanol–water partition coefficient (Wildman–Crippen LogP) is 2.50. The monoisotopic (exact) mass is 309 g/mol. The van der Waals surface area contributed by atoms with Crippen LogP contribution in [-0.4, -0.2) is 49.3 Å². The number of ether oxygens (including phenoxy) is 1. The van der Waals surface area contributed by atoms with Gasteiger partial charge in [0, 0.05) is 19.6 Å². The molecular formula is C12H15ClF3N3O. The number of rotatable bonds is 3. The number of likely N-dealkylation sites (N-methyl/N-ethyl adjacent to an activating group) is 1. The van der Waals surface area contributed by atoms with E-state index in [4.69, 9.17) is 16.3 Å². The highest BCUT2D eigenvalue weighted by atomic mass is 35.5. The second-order valence-corrected chi connectivity index (χ2v) is 5.08. The van der Waals surface area contributed by atoms with E-state index in [0.717, 1.165) is 25.2 Å². The normalized spacial score (nSPS) is 20.9. The smallest absolute Gasteiger partial charge is 0.374 e. The fourth-order valence-electron chi connectivity index (χ4n) is 1.96. The summed E-state index contributed by atoms with van der Waals surface area (Å²) in [6.45, 7) is 2.57. The van der Waals surface area contributed by atoms with E-state index in [9.17, 15) is 13.2 Å². The van der Waals surface area contributed by atoms with Crippen LogP contribution in [-0.2, 0) is 10.9 Å². The first-order chi connectivity index (χ1) is 9.34. The molecule has 4 nitrogen and oxygen atoms in total. The number of hydrogen-bond donors (Lipinski definition) is 1. The van der Waals surface area contributed by atoms with Crippen LogP contribution >= 0.6 is 11.6 Å². The van der Waals surface area contributed by atoms with Crippen LogP contribution in [0.5, 0.6) is 0 Å². The minimum atomic E-state index is -4.44. The summed E-state index contributed by atoms with van der Waals surface area (Å²) >= 11 is 5.61. The molecule has 0 saturated carbocycles. The summed E-state index contributed by atoms with van der Waals surface area (Å²) in [5, 5.41) is 2.65. The fourth-order valence-corrected chi connectivity index (χ4v) is 2.17. The van der Waals surface area contributed by atoms with E-state index < -0.39 is 11.7 Å². The molecule has 8 heteroatoms. The van der Waals surface area contributed by atoms with Crippen molar-refractivity contribution in [3.63, 3.8) is 0 Å². The standard InChI is InChI=1S/C12H15ClF3N3O/c1-19-2-3-20-9(7-19)6-17-11-5-8(12(14,15)16)4-10(13)18-11/h4-5,9H,2-3,6-7H2,1H3,(H,17,18). The third-order valence-electron chi connectivity index (χ3n) is 2.97. The molecule has 0 spiro atoms. The molecule has 1 aromatic rings. The van der Waals surface area contributed by atoms with E-state index in [1.807, 2.05) is 7.05 Å². The van der Waals surface area contributed by atoms with Crippen molar-refractivity contribution in [2.45, 2.75) is 12.3 Å². The van der Waals surface area contributed by atoms with Crippen molar-refractivity contribution in [1.29, 1.82) is 0 Å². The molecule has 0 aromatic carbocycles. The molecule has 0 radical (unpaired) electrons. The molecule has 1 saturated heterocycles. The van der Waals surface area contributed by atoms with Crippen LogP contribution in [0.3, 0.4) is 0 Å². The first-order valence-electron chi connectivity index (χ1n) is 6.13. The van der Waals surface area contributed by atoms with Gasteiger partial charge in [0.25, 0.3) is 0 Å². The minimum absolute atomic E-state index is 0.0798. The Bertz CT molecular complexity index is 470. The maximum absolute atomic E-state index is 12.6. The van der Waals surface area contributed by atoms with Crippen molar-refractivity contribution < 1.29 is 17.9 Å². The van der Waals surface area contributed by atoms with Crippen molar-refractivity contribution in [2.24, 2.45) is 0 Å². The average Bonchev–Trinajstić information content (AvgIpc) is 2.35. The molecule has 0 aliphatic carbocycles. The summed E-state index contributed by atoms with van der Waals surface area (Å²) in [7, 11) is 1.97. The van der Waals surface area contributed by atoms with E-state index in [1.54, 1.807) is 0 Å². The van der Waals surface area contributed by atoms with Gasteiger partial charge in [-0.25, -0.2) is 4.98 Å². The van der Waals surface area contributed by atoms with Crippen LogP contribution in [0.1, 0.15) is 5.56 Å². The highest BCUT2D eigenvalue weighted by molar-refractivity contribution is 6.29. The highest BCUT2D eigenvalue weighted by Crippen LogP contribution is 2.31. The third-order valence-corrected chi connectivity index (χ3v) is 3.17. The number of halogens is 4. The molecule has 1 aliphatic rings. The Morgan fingerprint density at radius 2 is 2.25 bits per heavy atom. The lowest BCUT2D eigenvalue weighted by Gasteiger charge is -2.30. The number of aromatic nitrogens is 1. The van der Waals surface area contributed by atoms with E-state index in [0.29, 0.717) is 13.2 Å². The molecule has 2 rings (SSSR count). The van der Waals surface area contributed by atoms with Crippen LogP contribution in [0.25, 0.3) is 0 Å². The number of nitrogens with one attached hydrogen (secondary N) is 1. The van der Waals surface area contributed by atoms with Gasteiger partial charge in [0.1, 0.15) is 11.0 Å². The number of nitrogens with zero attached hydrogens (tertiary/aromatic N) is 2. The molecule has 1 atom stereocenters. The SMILES string of the molecule is CN1CCOC(CNc2cc(C(F)(F)F)cc(Cl)n2)C1. The van der Waals surface area contributed by atoms with Gasteiger partial charge in [-0.1, -0.05) is 11.6 Å². The van der Waals surface area contributed by atoms with Gasteiger partial charge in [0.15, 0.2) is 0 Å². The maximum Gasteiger partial charge on any atom is 0.416 e. The predicted molar refractivity (Wildman–Crippen MR) is 70.0 cm³/mol. The van der Waals surface area contributed by atoms with Crippen LogP contribution in [0.2, 0.25) is 5.15 Å². The van der Waals surface area contributed by atoms with Gasteiger partial charge >= 0.3 is 6.18 Å². The lowest BCUT2D eigenvalue weighted by molar-refractivity contribution is -0.137. The summed E-state index contributed by atoms with van der Waals surface area (Å²) in [6, 6.07) is 1.75. The molecule has 0 bridgehead atoms. The zero-order valence-electron chi connectivity index (χ0n) is 10.9. The summed E-state index contributed by atoms with van der Waals surface area (Å²) in [5.41, 5.74) is -0.818. The van der Waals surface area contributed by atoms with Gasteiger partial charge in [-0.3, -0.25) is 0 Å². The third kappa shape index (κ3) is 4.22. The zero-order valence-corrected chi connectivity index (χ0v) is 11.6. The van der Waals surface area contributed by atoms with Crippen LogP contribution in [0.15, 0.2) is 12.1 Å². The van der Waals surface area contributed by atoms with E-state index in [1.165, 1.54) is 0 Å². The number of anilines is 1. The molecule has 112 valence electrons. The van der Waals surface area contributed by atoms with Crippen LogP contribution in [0.4, 0.5) is 19.0 Å². The second kappa shape index (κ2) is 6.15. The lowest BCUT2D eigenvalue weighted by atomic mass is 10.2. The molecule has 1 aromatic heterocycles. The molecule has 1 fully saturated rings. The molecular weight excluding hydrogens is 295 g/mol. The first-order valence-corrected chi connectivity index (χ1v) is 6.51. The van der Waals surface area contributed by atoms with Crippen LogP contribution in [0, 0.1) is 0 Å². The Kier molecular flexibility index (Phi) is 4.72. The Morgan fingerprint density at radius 1 is 1.50 bits per heavy atom. The van der Waals surface area contributed by atoms with Crippen molar-refractivity contribution in [2.75, 3.05) is 38.6 Å². The van der Waals surface area contributed by atoms with Gasteiger partial charge in [-0.15, -0.1) is 0 Å². The zero-order chi connectivity index (χ0) is 14.8. The Morgan fingerprint density at radius 3 is 2.90 bits per heavy atom. The lowest BCUT2D eigenvalue weighted by Crippen LogP contribution is -2.43. The molecule has 1 N–H and O–H groups in total. The molecule has 0 amide bonds. The van der Waals surface area contributed by atoms with E-state index in [-0.39, 0.29) is 17.1 Å². The number of alkyl halides is 3. The van der Waals surface area contributed by atoms with Gasteiger partial charge in [0.2, 0.25) is 0 Å². The van der Waals surface area contributed by atoms with Crippen molar-refractivity contribution >= 4 is 17.4 Å². The number of pyridine rings is 1. The summed E-state index contributed by atoms with van der Waals surface area (Å²) in [6.07, 6.45) is -4.52. The Labute approximate surface area is 119 Å². The summed E-state index contributed by atoms with van der Waals surface area (Å²) in [4.78, 5) is 5.94. The van der Waals surface area contributed by atoms with Gasteiger partial charge in [0.05, 0.1) is 18.3 Å². The second-order valence-electron chi connectivity index (χ2n) is 4.70. The number of morpholine rings is 1. The van der Waals surface area contributed by atoms with Gasteiger partial charge in [-0.2, -0.15) is 13.2 Å². The maximum atomic E-state index is 12.6. The molecule has 20 heavy (non-hydrogen) atoms. The minimum Gasteiger partial charge on any atom is -0.374 e. The summed E-state index contributed by atoms with van der Waals surface area (Å²) < 4.78 is 43.5. The highest BCUT2D eigenvalue weighted by Gasteiger charge is 2.31. The fraction of sp³-hybridized carbons (Fsp3) is 0.583. The molecule has 2 heterocycles. The number of hydrogen-bond acceptors (Lipinski definition) is 4. The van der Waals surface area contributed by atoms with Gasteiger partial charge < -0.3 is 15.0 Å².